The Balaban J connectivity index is 1.74. The molecule has 1 aliphatic rings. The third-order valence-electron chi connectivity index (χ3n) is 4.20. The van der Waals surface area contributed by atoms with E-state index in [-0.39, 0.29) is 18.4 Å². The molecule has 1 unspecified atom stereocenters. The lowest BCUT2D eigenvalue weighted by molar-refractivity contribution is -0.133. The highest BCUT2D eigenvalue weighted by Gasteiger charge is 2.27. The van der Waals surface area contributed by atoms with Gasteiger partial charge in [0.15, 0.2) is 0 Å². The highest BCUT2D eigenvalue weighted by atomic mass is 32.1. The van der Waals surface area contributed by atoms with Crippen LogP contribution in [0, 0.1) is 6.92 Å². The van der Waals surface area contributed by atoms with Gasteiger partial charge >= 0.3 is 0 Å². The van der Waals surface area contributed by atoms with Crippen molar-refractivity contribution >= 4 is 17.2 Å². The van der Waals surface area contributed by atoms with Crippen molar-refractivity contribution < 1.29 is 9.21 Å². The molecule has 1 aliphatic heterocycles. The highest BCUT2D eigenvalue weighted by Crippen LogP contribution is 2.25. The molecule has 1 saturated heterocycles. The van der Waals surface area contributed by atoms with Crippen molar-refractivity contribution in [2.45, 2.75) is 38.6 Å². The Bertz CT molecular complexity index is 636. The molecule has 2 aromatic heterocycles. The second-order valence-corrected chi connectivity index (χ2v) is 6.46. The maximum Gasteiger partial charge on any atom is 0.229 e. The van der Waals surface area contributed by atoms with E-state index in [9.17, 15) is 4.79 Å². The first-order valence-electron chi connectivity index (χ1n) is 7.67. The Morgan fingerprint density at radius 2 is 2.41 bits per heavy atom. The van der Waals surface area contributed by atoms with Gasteiger partial charge in [-0.2, -0.15) is 11.3 Å². The monoisotopic (exact) mass is 319 g/mol. The number of carbonyl (C=O) groups is 1. The minimum absolute atomic E-state index is 0.100. The molecular formula is C16H21N3O2S. The van der Waals surface area contributed by atoms with Crippen molar-refractivity contribution in [3.05, 3.63) is 28.3 Å². The lowest BCUT2D eigenvalue weighted by Gasteiger charge is -2.35. The normalized spacial score (nSPS) is 18.6. The molecule has 2 N–H and O–H groups in total. The van der Waals surface area contributed by atoms with E-state index in [0.29, 0.717) is 12.4 Å². The molecule has 1 amide bonds. The molecule has 3 heterocycles. The van der Waals surface area contributed by atoms with Crippen molar-refractivity contribution in [1.29, 1.82) is 0 Å². The Kier molecular flexibility index (Phi) is 4.59. The number of oxazole rings is 1. The zero-order valence-electron chi connectivity index (χ0n) is 12.7. The summed E-state index contributed by atoms with van der Waals surface area (Å²) in [6.45, 7) is 3.20. The van der Waals surface area contributed by atoms with Crippen LogP contribution in [0.2, 0.25) is 0 Å². The smallest absolute Gasteiger partial charge is 0.229 e. The van der Waals surface area contributed by atoms with E-state index in [1.165, 1.54) is 0 Å². The fraction of sp³-hybridized carbons (Fsp3) is 0.500. The van der Waals surface area contributed by atoms with Crippen LogP contribution in [-0.4, -0.2) is 34.9 Å². The van der Waals surface area contributed by atoms with E-state index in [1.54, 1.807) is 11.3 Å². The van der Waals surface area contributed by atoms with Crippen molar-refractivity contribution in [3.8, 4) is 11.5 Å². The maximum absolute atomic E-state index is 12.6. The number of nitrogens with zero attached hydrogens (tertiary/aromatic N) is 2. The van der Waals surface area contributed by atoms with Gasteiger partial charge in [-0.15, -0.1) is 0 Å². The largest absolute Gasteiger partial charge is 0.441 e. The van der Waals surface area contributed by atoms with E-state index in [4.69, 9.17) is 10.2 Å². The number of hydrogen-bond acceptors (Lipinski definition) is 5. The average Bonchev–Trinajstić information content (AvgIpc) is 3.17. The minimum Gasteiger partial charge on any atom is -0.441 e. The number of thiophene rings is 1. The van der Waals surface area contributed by atoms with Crippen molar-refractivity contribution in [3.63, 3.8) is 0 Å². The van der Waals surface area contributed by atoms with Gasteiger partial charge in [-0.3, -0.25) is 4.79 Å². The second kappa shape index (κ2) is 6.62. The first kappa shape index (κ1) is 15.2. The highest BCUT2D eigenvalue weighted by molar-refractivity contribution is 7.08. The van der Waals surface area contributed by atoms with E-state index in [2.05, 4.69) is 4.98 Å². The summed E-state index contributed by atoms with van der Waals surface area (Å²) < 4.78 is 5.70. The molecule has 0 aliphatic carbocycles. The number of carbonyl (C=O) groups excluding carboxylic acids is 1. The molecule has 1 fully saturated rings. The molecule has 2 aromatic rings. The summed E-state index contributed by atoms with van der Waals surface area (Å²) in [4.78, 5) is 19.0. The number of likely N-dealkylation sites (tertiary alicyclic amines) is 1. The molecule has 1 atom stereocenters. The predicted molar refractivity (Wildman–Crippen MR) is 86.7 cm³/mol. The average molecular weight is 319 g/mol. The lowest BCUT2D eigenvalue weighted by Crippen LogP contribution is -2.48. The lowest BCUT2D eigenvalue weighted by atomic mass is 10.0. The van der Waals surface area contributed by atoms with Crippen molar-refractivity contribution in [1.82, 2.24) is 9.88 Å². The standard InChI is InChI=1S/C16H21N3O2S/c1-11-14(18-16(21-11)12-5-7-22-10-12)8-15(20)19-6-3-2-4-13(19)9-17/h5,7,10,13H,2-4,6,8-9,17H2,1H3. The Morgan fingerprint density at radius 3 is 3.14 bits per heavy atom. The summed E-state index contributed by atoms with van der Waals surface area (Å²) in [7, 11) is 0. The van der Waals surface area contributed by atoms with Gasteiger partial charge in [0.2, 0.25) is 11.8 Å². The number of nitrogens with two attached hydrogens (primary N) is 1. The van der Waals surface area contributed by atoms with Gasteiger partial charge < -0.3 is 15.1 Å². The topological polar surface area (TPSA) is 72.4 Å². The van der Waals surface area contributed by atoms with Crippen molar-refractivity contribution in [2.24, 2.45) is 5.73 Å². The Labute approximate surface area is 134 Å². The molecule has 0 aromatic carbocycles. The van der Waals surface area contributed by atoms with E-state index in [0.717, 1.165) is 42.8 Å². The van der Waals surface area contributed by atoms with Gasteiger partial charge in [-0.25, -0.2) is 4.98 Å². The summed E-state index contributed by atoms with van der Waals surface area (Å²) >= 11 is 1.60. The molecule has 118 valence electrons. The molecule has 3 rings (SSSR count). The Hall–Kier alpha value is -1.66. The van der Waals surface area contributed by atoms with E-state index >= 15 is 0 Å². The minimum atomic E-state index is 0.100. The molecule has 22 heavy (non-hydrogen) atoms. The third kappa shape index (κ3) is 3.08. The molecule has 0 bridgehead atoms. The summed E-state index contributed by atoms with van der Waals surface area (Å²) in [6, 6.07) is 2.14. The maximum atomic E-state index is 12.6. The van der Waals surface area contributed by atoms with E-state index < -0.39 is 0 Å². The fourth-order valence-corrected chi connectivity index (χ4v) is 3.55. The zero-order valence-corrected chi connectivity index (χ0v) is 13.6. The summed E-state index contributed by atoms with van der Waals surface area (Å²) in [5.74, 6) is 1.41. The number of amides is 1. The predicted octanol–water partition coefficient (Wildman–Crippen LogP) is 2.59. The molecule has 5 nitrogen and oxygen atoms in total. The zero-order chi connectivity index (χ0) is 15.5. The van der Waals surface area contributed by atoms with Crippen LogP contribution in [0.5, 0.6) is 0 Å². The first-order chi connectivity index (χ1) is 10.7. The quantitative estimate of drug-likeness (QED) is 0.940. The number of piperidine rings is 1. The molecule has 0 radical (unpaired) electrons. The van der Waals surface area contributed by atoms with Crippen LogP contribution in [0.3, 0.4) is 0 Å². The number of hydrogen-bond donors (Lipinski definition) is 1. The Morgan fingerprint density at radius 1 is 1.55 bits per heavy atom. The number of aromatic nitrogens is 1. The van der Waals surface area contributed by atoms with Crippen LogP contribution in [0.1, 0.15) is 30.7 Å². The van der Waals surface area contributed by atoms with Crippen LogP contribution < -0.4 is 5.73 Å². The summed E-state index contributed by atoms with van der Waals surface area (Å²) in [5.41, 5.74) is 7.49. The van der Waals surface area contributed by atoms with Gasteiger partial charge in [0.1, 0.15) is 5.76 Å². The molecule has 0 saturated carbocycles. The van der Waals surface area contributed by atoms with Gasteiger partial charge in [0.25, 0.3) is 0 Å². The molecule has 0 spiro atoms. The number of aryl methyl sites for hydroxylation is 1. The van der Waals surface area contributed by atoms with Gasteiger partial charge in [-0.05, 0) is 37.6 Å². The molecular weight excluding hydrogens is 298 g/mol. The van der Waals surface area contributed by atoms with Crippen LogP contribution in [0.4, 0.5) is 0 Å². The van der Waals surface area contributed by atoms with E-state index in [1.807, 2.05) is 28.7 Å². The third-order valence-corrected chi connectivity index (χ3v) is 4.88. The van der Waals surface area contributed by atoms with Crippen LogP contribution in [0.25, 0.3) is 11.5 Å². The van der Waals surface area contributed by atoms with Crippen LogP contribution in [-0.2, 0) is 11.2 Å². The van der Waals surface area contributed by atoms with Gasteiger partial charge in [0.05, 0.1) is 12.1 Å². The number of rotatable bonds is 4. The van der Waals surface area contributed by atoms with Crippen LogP contribution in [0.15, 0.2) is 21.2 Å². The van der Waals surface area contributed by atoms with Crippen molar-refractivity contribution in [2.75, 3.05) is 13.1 Å². The first-order valence-corrected chi connectivity index (χ1v) is 8.61. The summed E-state index contributed by atoms with van der Waals surface area (Å²) in [5, 5.41) is 3.98. The second-order valence-electron chi connectivity index (χ2n) is 5.68. The fourth-order valence-electron chi connectivity index (χ4n) is 2.92. The van der Waals surface area contributed by atoms with Gasteiger partial charge in [0, 0.05) is 30.1 Å². The van der Waals surface area contributed by atoms with Crippen LogP contribution >= 0.6 is 11.3 Å². The SMILES string of the molecule is Cc1oc(-c2ccsc2)nc1CC(=O)N1CCCCC1CN. The van der Waals surface area contributed by atoms with Gasteiger partial charge in [-0.1, -0.05) is 0 Å². The summed E-state index contributed by atoms with van der Waals surface area (Å²) in [6.07, 6.45) is 3.49. The molecule has 6 heteroatoms.